The second-order valence-electron chi connectivity index (χ2n) is 7.81. The summed E-state index contributed by atoms with van der Waals surface area (Å²) in [5.41, 5.74) is 1.06. The summed E-state index contributed by atoms with van der Waals surface area (Å²) in [7, 11) is 3.05. The van der Waals surface area contributed by atoms with Crippen LogP contribution in [0, 0.1) is 6.57 Å². The summed E-state index contributed by atoms with van der Waals surface area (Å²) < 4.78 is 8.22. The molecule has 3 aromatic rings. The molecule has 0 aliphatic carbocycles. The molecule has 0 saturated heterocycles. The lowest BCUT2D eigenvalue weighted by Gasteiger charge is -2.28. The molecule has 2 aromatic heterocycles. The van der Waals surface area contributed by atoms with Crippen LogP contribution in [0.1, 0.15) is 66.1 Å². The molecule has 0 saturated carbocycles. The zero-order valence-corrected chi connectivity index (χ0v) is 18.6. The Balaban J connectivity index is 2.34. The molecular formula is C23H25N5O4. The SMILES string of the molecule is [C-]#[N+]c1ccccc1C(c1cnn(C)c1)C(C)c1nc(C(=O)O)c(OC)c(=O)n1C(C)C. The molecule has 9 heteroatoms. The van der Waals surface area contributed by atoms with Gasteiger partial charge in [-0.2, -0.15) is 5.10 Å². The summed E-state index contributed by atoms with van der Waals surface area (Å²) in [5.74, 6) is -2.19. The maximum absolute atomic E-state index is 13.2. The van der Waals surface area contributed by atoms with Crippen molar-refractivity contribution in [3.63, 3.8) is 0 Å². The average molecular weight is 435 g/mol. The predicted octanol–water partition coefficient (Wildman–Crippen LogP) is 3.75. The maximum atomic E-state index is 13.2. The van der Waals surface area contributed by atoms with E-state index in [0.717, 1.165) is 11.1 Å². The first-order chi connectivity index (χ1) is 15.2. The Hall–Kier alpha value is -3.93. The highest BCUT2D eigenvalue weighted by molar-refractivity contribution is 5.88. The second-order valence-corrected chi connectivity index (χ2v) is 7.81. The van der Waals surface area contributed by atoms with E-state index < -0.39 is 23.1 Å². The van der Waals surface area contributed by atoms with Crippen molar-refractivity contribution in [1.82, 2.24) is 19.3 Å². The van der Waals surface area contributed by atoms with Crippen LogP contribution in [0.5, 0.6) is 5.75 Å². The van der Waals surface area contributed by atoms with Gasteiger partial charge in [-0.05, 0) is 25.0 Å². The van der Waals surface area contributed by atoms with Crippen LogP contribution >= 0.6 is 0 Å². The molecule has 9 nitrogen and oxygen atoms in total. The van der Waals surface area contributed by atoms with Gasteiger partial charge in [0.15, 0.2) is 11.4 Å². The van der Waals surface area contributed by atoms with Crippen LogP contribution in [0.2, 0.25) is 0 Å². The number of methoxy groups -OCH3 is 1. The zero-order valence-electron chi connectivity index (χ0n) is 18.6. The quantitative estimate of drug-likeness (QED) is 0.567. The van der Waals surface area contributed by atoms with Gasteiger partial charge in [0.25, 0.3) is 5.56 Å². The predicted molar refractivity (Wildman–Crippen MR) is 119 cm³/mol. The molecule has 0 spiro atoms. The van der Waals surface area contributed by atoms with Gasteiger partial charge in [0, 0.05) is 31.1 Å². The van der Waals surface area contributed by atoms with Gasteiger partial charge >= 0.3 is 5.97 Å². The summed E-state index contributed by atoms with van der Waals surface area (Å²) in [5, 5.41) is 14.0. The van der Waals surface area contributed by atoms with Gasteiger partial charge in [-0.15, -0.1) is 0 Å². The number of rotatable bonds is 7. The van der Waals surface area contributed by atoms with Crippen molar-refractivity contribution in [1.29, 1.82) is 0 Å². The third-order valence-electron chi connectivity index (χ3n) is 5.41. The van der Waals surface area contributed by atoms with Crippen molar-refractivity contribution < 1.29 is 14.6 Å². The van der Waals surface area contributed by atoms with Crippen molar-refractivity contribution in [2.45, 2.75) is 38.6 Å². The lowest BCUT2D eigenvalue weighted by Crippen LogP contribution is -2.32. The van der Waals surface area contributed by atoms with Crippen LogP contribution < -0.4 is 10.3 Å². The second kappa shape index (κ2) is 9.06. The van der Waals surface area contributed by atoms with Crippen molar-refractivity contribution >= 4 is 11.7 Å². The van der Waals surface area contributed by atoms with E-state index in [1.807, 2.05) is 39.1 Å². The number of hydrogen-bond donors (Lipinski definition) is 1. The van der Waals surface area contributed by atoms with Gasteiger partial charge in [0.1, 0.15) is 5.82 Å². The standard InChI is InChI=1S/C23H25N5O4/c1-13(2)28-21(26-19(23(30)31)20(32-6)22(28)29)14(3)18(15-11-25-27(5)12-15)16-9-7-8-10-17(16)24-4/h7-14,18H,1-3,5-6H3,(H,30,31). The van der Waals surface area contributed by atoms with Crippen LogP contribution in [0.3, 0.4) is 0 Å². The van der Waals surface area contributed by atoms with E-state index in [1.54, 1.807) is 30.1 Å². The van der Waals surface area contributed by atoms with Crippen molar-refractivity contribution in [2.75, 3.05) is 7.11 Å². The summed E-state index contributed by atoms with van der Waals surface area (Å²) >= 11 is 0. The van der Waals surface area contributed by atoms with E-state index in [0.29, 0.717) is 11.5 Å². The largest absolute Gasteiger partial charge is 0.489 e. The first kappa shape index (κ1) is 22.7. The molecule has 1 N–H and O–H groups in total. The highest BCUT2D eigenvalue weighted by Gasteiger charge is 2.32. The molecule has 2 heterocycles. The number of aromatic nitrogens is 4. The van der Waals surface area contributed by atoms with Crippen LogP contribution in [0.4, 0.5) is 5.69 Å². The van der Waals surface area contributed by atoms with Crippen LogP contribution in [-0.4, -0.2) is 37.5 Å². The summed E-state index contributed by atoms with van der Waals surface area (Å²) in [6.45, 7) is 13.1. The molecule has 0 amide bonds. The molecule has 32 heavy (non-hydrogen) atoms. The van der Waals surface area contributed by atoms with E-state index in [2.05, 4.69) is 14.9 Å². The highest BCUT2D eigenvalue weighted by Crippen LogP contribution is 2.42. The number of para-hydroxylation sites is 1. The van der Waals surface area contributed by atoms with Crippen LogP contribution in [-0.2, 0) is 7.05 Å². The average Bonchev–Trinajstić information content (AvgIpc) is 3.18. The Morgan fingerprint density at radius 1 is 1.25 bits per heavy atom. The molecule has 2 atom stereocenters. The first-order valence-electron chi connectivity index (χ1n) is 10.1. The lowest BCUT2D eigenvalue weighted by atomic mass is 9.81. The molecular weight excluding hydrogens is 410 g/mol. The normalized spacial score (nSPS) is 12.9. The molecule has 0 aliphatic heterocycles. The molecule has 0 fully saturated rings. The first-order valence-corrected chi connectivity index (χ1v) is 10.1. The van der Waals surface area contributed by atoms with Gasteiger partial charge in [-0.3, -0.25) is 14.0 Å². The smallest absolute Gasteiger partial charge is 0.358 e. The summed E-state index contributed by atoms with van der Waals surface area (Å²) in [6, 6.07) is 6.94. The molecule has 2 unspecified atom stereocenters. The van der Waals surface area contributed by atoms with E-state index in [9.17, 15) is 14.7 Å². The van der Waals surface area contributed by atoms with E-state index in [4.69, 9.17) is 11.3 Å². The molecule has 3 rings (SSSR count). The minimum absolute atomic E-state index is 0.296. The highest BCUT2D eigenvalue weighted by atomic mass is 16.5. The van der Waals surface area contributed by atoms with Gasteiger partial charge in [0.05, 0.1) is 19.9 Å². The third-order valence-corrected chi connectivity index (χ3v) is 5.41. The van der Waals surface area contributed by atoms with E-state index in [-0.39, 0.29) is 17.7 Å². The molecule has 166 valence electrons. The van der Waals surface area contributed by atoms with E-state index in [1.165, 1.54) is 11.7 Å². The number of nitrogens with zero attached hydrogens (tertiary/aromatic N) is 5. The van der Waals surface area contributed by atoms with Gasteiger partial charge in [-0.1, -0.05) is 31.2 Å². The number of aromatic carboxylic acids is 1. The summed E-state index contributed by atoms with van der Waals surface area (Å²) in [6.07, 6.45) is 3.56. The topological polar surface area (TPSA) is 104 Å². The van der Waals surface area contributed by atoms with Gasteiger partial charge in [0.2, 0.25) is 5.75 Å². The molecule has 1 aromatic carbocycles. The summed E-state index contributed by atoms with van der Waals surface area (Å²) in [4.78, 5) is 33.1. The van der Waals surface area contributed by atoms with E-state index >= 15 is 0 Å². The van der Waals surface area contributed by atoms with Gasteiger partial charge in [-0.25, -0.2) is 14.6 Å². The minimum Gasteiger partial charge on any atom is -0.489 e. The van der Waals surface area contributed by atoms with Crippen molar-refractivity contribution in [3.8, 4) is 5.75 Å². The van der Waals surface area contributed by atoms with Gasteiger partial charge < -0.3 is 9.84 Å². The Morgan fingerprint density at radius 3 is 2.47 bits per heavy atom. The Bertz CT molecular complexity index is 1250. The monoisotopic (exact) mass is 435 g/mol. The fraction of sp³-hybridized carbons (Fsp3) is 0.348. The lowest BCUT2D eigenvalue weighted by molar-refractivity contribution is 0.0684. The maximum Gasteiger partial charge on any atom is 0.358 e. The number of carboxylic acid groups (broad SMARTS) is 1. The van der Waals surface area contributed by atoms with Crippen molar-refractivity contribution in [3.05, 3.63) is 81.1 Å². The molecule has 0 bridgehead atoms. The number of hydrogen-bond acceptors (Lipinski definition) is 5. The Labute approximate surface area is 185 Å². The van der Waals surface area contributed by atoms with Crippen LogP contribution in [0.25, 0.3) is 4.85 Å². The number of carbonyl (C=O) groups is 1. The Morgan fingerprint density at radius 2 is 1.94 bits per heavy atom. The third kappa shape index (κ3) is 3.99. The molecule has 0 radical (unpaired) electrons. The van der Waals surface area contributed by atoms with Crippen molar-refractivity contribution in [2.24, 2.45) is 7.05 Å². The minimum atomic E-state index is -1.34. The Kier molecular flexibility index (Phi) is 6.44. The van der Waals surface area contributed by atoms with Crippen LogP contribution in [0.15, 0.2) is 41.5 Å². The fourth-order valence-electron chi connectivity index (χ4n) is 4.02. The number of aryl methyl sites for hydroxylation is 1. The number of benzene rings is 1. The molecule has 0 aliphatic rings. The zero-order chi connectivity index (χ0) is 23.6. The fourth-order valence-corrected chi connectivity index (χ4v) is 4.02. The number of carboxylic acids is 1. The number of ether oxygens (including phenoxy) is 1.